The number of Topliss-reactive ketones (excluding diaryl/α,β-unsaturated/α-hetero) is 1. The molecule has 0 radical (unpaired) electrons. The molecule has 1 saturated carbocycles. The number of carbonyl (C=O) groups is 1. The van der Waals surface area contributed by atoms with E-state index >= 15 is 0 Å². The summed E-state index contributed by atoms with van der Waals surface area (Å²) >= 11 is 0. The second kappa shape index (κ2) is 5.31. The van der Waals surface area contributed by atoms with Crippen LogP contribution >= 0.6 is 0 Å². The van der Waals surface area contributed by atoms with E-state index in [-0.39, 0.29) is 0 Å². The van der Waals surface area contributed by atoms with Crippen LogP contribution in [0.2, 0.25) is 0 Å². The Morgan fingerprint density at radius 2 is 2.05 bits per heavy atom. The Hall–Kier alpha value is -1.77. The van der Waals surface area contributed by atoms with Gasteiger partial charge in [0.2, 0.25) is 0 Å². The molecule has 1 aromatic heterocycles. The lowest BCUT2D eigenvalue weighted by Crippen LogP contribution is -2.12. The van der Waals surface area contributed by atoms with Crippen LogP contribution < -0.4 is 4.74 Å². The summed E-state index contributed by atoms with van der Waals surface area (Å²) < 4.78 is 7.80. The highest BCUT2D eigenvalue weighted by atomic mass is 16.5. The normalized spacial score (nSPS) is 16.8. The summed E-state index contributed by atoms with van der Waals surface area (Å²) in [6.45, 7) is 2.69. The minimum Gasteiger partial charge on any atom is -0.494 e. The van der Waals surface area contributed by atoms with E-state index in [0.29, 0.717) is 18.3 Å². The third-order valence-corrected chi connectivity index (χ3v) is 4.29. The van der Waals surface area contributed by atoms with Gasteiger partial charge >= 0.3 is 0 Å². The van der Waals surface area contributed by atoms with Crippen molar-refractivity contribution in [1.29, 1.82) is 0 Å². The van der Waals surface area contributed by atoms with Gasteiger partial charge in [0.1, 0.15) is 11.5 Å². The molecule has 1 fully saturated rings. The van der Waals surface area contributed by atoms with Crippen LogP contribution in [0.5, 0.6) is 5.75 Å². The number of hydrogen-bond acceptors (Lipinski definition) is 2. The van der Waals surface area contributed by atoms with E-state index in [4.69, 9.17) is 4.74 Å². The lowest BCUT2D eigenvalue weighted by atomic mass is 9.83. The first kappa shape index (κ1) is 13.2. The van der Waals surface area contributed by atoms with Crippen molar-refractivity contribution < 1.29 is 9.53 Å². The molecule has 0 N–H and O–H groups in total. The third kappa shape index (κ3) is 2.33. The van der Waals surface area contributed by atoms with Gasteiger partial charge in [-0.25, -0.2) is 0 Å². The van der Waals surface area contributed by atoms with Crippen LogP contribution in [0.3, 0.4) is 0 Å². The van der Waals surface area contributed by atoms with E-state index in [1.165, 1.54) is 16.5 Å². The van der Waals surface area contributed by atoms with Crippen molar-refractivity contribution in [3.05, 3.63) is 30.0 Å². The van der Waals surface area contributed by atoms with E-state index in [1.807, 2.05) is 13.0 Å². The van der Waals surface area contributed by atoms with Crippen molar-refractivity contribution in [1.82, 2.24) is 4.57 Å². The van der Waals surface area contributed by atoms with Gasteiger partial charge in [-0.1, -0.05) is 0 Å². The fraction of sp³-hybridized carbons (Fsp3) is 0.471. The predicted molar refractivity (Wildman–Crippen MR) is 80.3 cm³/mol. The molecule has 1 aromatic carbocycles. The van der Waals surface area contributed by atoms with E-state index in [0.717, 1.165) is 31.4 Å². The second-order valence-electron chi connectivity index (χ2n) is 5.62. The lowest BCUT2D eigenvalue weighted by molar-refractivity contribution is -0.120. The molecule has 20 heavy (non-hydrogen) atoms. The summed E-state index contributed by atoms with van der Waals surface area (Å²) in [5.41, 5.74) is 2.61. The van der Waals surface area contributed by atoms with Crippen molar-refractivity contribution in [2.24, 2.45) is 7.05 Å². The van der Waals surface area contributed by atoms with Crippen molar-refractivity contribution in [3.8, 4) is 5.75 Å². The minimum atomic E-state index is 0.413. The SMILES string of the molecule is CCOc1ccc2c(c1)c(C1CCC(=O)CC1)cn2C. The summed E-state index contributed by atoms with van der Waals surface area (Å²) in [6.07, 6.45) is 5.65. The maximum absolute atomic E-state index is 11.4. The molecular formula is C17H21NO2. The Labute approximate surface area is 119 Å². The van der Waals surface area contributed by atoms with Crippen LogP contribution in [0.25, 0.3) is 10.9 Å². The molecule has 3 nitrogen and oxygen atoms in total. The third-order valence-electron chi connectivity index (χ3n) is 4.29. The number of aromatic nitrogens is 1. The molecule has 0 amide bonds. The molecule has 3 heteroatoms. The van der Waals surface area contributed by atoms with Gasteiger partial charge in [0.15, 0.2) is 0 Å². The molecule has 2 aromatic rings. The number of fused-ring (bicyclic) bond motifs is 1. The molecule has 0 atom stereocenters. The first-order valence-electron chi connectivity index (χ1n) is 7.42. The summed E-state index contributed by atoms with van der Waals surface area (Å²) in [7, 11) is 2.08. The molecule has 0 spiro atoms. The molecule has 0 aliphatic heterocycles. The minimum absolute atomic E-state index is 0.413. The Bertz CT molecular complexity index is 632. The first-order valence-corrected chi connectivity index (χ1v) is 7.42. The van der Waals surface area contributed by atoms with Gasteiger partial charge in [-0.15, -0.1) is 0 Å². The summed E-state index contributed by atoms with van der Waals surface area (Å²) in [5.74, 6) is 1.85. The number of benzene rings is 1. The molecule has 3 rings (SSSR count). The monoisotopic (exact) mass is 271 g/mol. The number of rotatable bonds is 3. The Morgan fingerprint density at radius 3 is 2.75 bits per heavy atom. The largest absolute Gasteiger partial charge is 0.494 e. The molecular weight excluding hydrogens is 250 g/mol. The summed E-state index contributed by atoms with van der Waals surface area (Å²) in [6, 6.07) is 6.29. The molecule has 0 saturated heterocycles. The van der Waals surface area contributed by atoms with Crippen LogP contribution in [-0.2, 0) is 11.8 Å². The second-order valence-corrected chi connectivity index (χ2v) is 5.62. The van der Waals surface area contributed by atoms with Gasteiger partial charge in [0.05, 0.1) is 6.61 Å². The maximum atomic E-state index is 11.4. The average molecular weight is 271 g/mol. The number of hydrogen-bond donors (Lipinski definition) is 0. The molecule has 0 bridgehead atoms. The smallest absolute Gasteiger partial charge is 0.132 e. The average Bonchev–Trinajstić information content (AvgIpc) is 2.77. The maximum Gasteiger partial charge on any atom is 0.132 e. The van der Waals surface area contributed by atoms with Crippen LogP contribution in [0.4, 0.5) is 0 Å². The van der Waals surface area contributed by atoms with Gasteiger partial charge in [-0.3, -0.25) is 4.79 Å². The molecule has 106 valence electrons. The highest BCUT2D eigenvalue weighted by Crippen LogP contribution is 2.37. The zero-order chi connectivity index (χ0) is 14.1. The van der Waals surface area contributed by atoms with E-state index in [9.17, 15) is 4.79 Å². The van der Waals surface area contributed by atoms with Crippen LogP contribution in [-0.4, -0.2) is 17.0 Å². The van der Waals surface area contributed by atoms with E-state index in [2.05, 4.69) is 29.9 Å². The molecule has 1 aliphatic rings. The van der Waals surface area contributed by atoms with Crippen LogP contribution in [0.15, 0.2) is 24.4 Å². The van der Waals surface area contributed by atoms with Gasteiger partial charge in [0.25, 0.3) is 0 Å². The molecule has 0 unspecified atom stereocenters. The number of ketones is 1. The number of carbonyl (C=O) groups excluding carboxylic acids is 1. The Kier molecular flexibility index (Phi) is 3.51. The predicted octanol–water partition coefficient (Wildman–Crippen LogP) is 3.80. The first-order chi connectivity index (χ1) is 9.69. The molecule has 1 aliphatic carbocycles. The quantitative estimate of drug-likeness (QED) is 0.850. The standard InChI is InChI=1S/C17H21NO2/c1-3-20-14-8-9-17-15(10-14)16(11-18(17)2)12-4-6-13(19)7-5-12/h8-12H,3-7H2,1-2H3. The molecule has 1 heterocycles. The van der Waals surface area contributed by atoms with E-state index < -0.39 is 0 Å². The number of ether oxygens (including phenoxy) is 1. The Balaban J connectivity index is 2.01. The van der Waals surface area contributed by atoms with Crippen molar-refractivity contribution >= 4 is 16.7 Å². The van der Waals surface area contributed by atoms with Gasteiger partial charge in [0, 0.05) is 37.0 Å². The van der Waals surface area contributed by atoms with Crippen LogP contribution in [0, 0.1) is 0 Å². The van der Waals surface area contributed by atoms with Crippen molar-refractivity contribution in [2.75, 3.05) is 6.61 Å². The van der Waals surface area contributed by atoms with Gasteiger partial charge in [-0.2, -0.15) is 0 Å². The fourth-order valence-corrected chi connectivity index (χ4v) is 3.23. The number of aryl methyl sites for hydroxylation is 1. The van der Waals surface area contributed by atoms with Gasteiger partial charge in [-0.05, 0) is 49.4 Å². The van der Waals surface area contributed by atoms with E-state index in [1.54, 1.807) is 0 Å². The lowest BCUT2D eigenvalue weighted by Gasteiger charge is -2.20. The van der Waals surface area contributed by atoms with Crippen LogP contribution in [0.1, 0.15) is 44.1 Å². The fourth-order valence-electron chi connectivity index (χ4n) is 3.23. The van der Waals surface area contributed by atoms with Crippen molar-refractivity contribution in [3.63, 3.8) is 0 Å². The van der Waals surface area contributed by atoms with Crippen molar-refractivity contribution in [2.45, 2.75) is 38.5 Å². The zero-order valence-electron chi connectivity index (χ0n) is 12.2. The Morgan fingerprint density at radius 1 is 1.30 bits per heavy atom. The van der Waals surface area contributed by atoms with Gasteiger partial charge < -0.3 is 9.30 Å². The number of nitrogens with zero attached hydrogens (tertiary/aromatic N) is 1. The summed E-state index contributed by atoms with van der Waals surface area (Å²) in [5, 5.41) is 1.28. The topological polar surface area (TPSA) is 31.2 Å². The highest BCUT2D eigenvalue weighted by molar-refractivity contribution is 5.86. The zero-order valence-corrected chi connectivity index (χ0v) is 12.2. The highest BCUT2D eigenvalue weighted by Gasteiger charge is 2.23. The summed E-state index contributed by atoms with van der Waals surface area (Å²) in [4.78, 5) is 11.4.